The number of aliphatic hydroxyl groups is 1. The van der Waals surface area contributed by atoms with Gasteiger partial charge in [0.15, 0.2) is 5.72 Å². The molecule has 2 aliphatic carbocycles. The maximum absolute atomic E-state index is 15.6. The summed E-state index contributed by atoms with van der Waals surface area (Å²) in [5.74, 6) is -4.04. The number of hydroxylamine groups is 2. The number of anilines is 1. The molecule has 0 unspecified atom stereocenters. The first kappa shape index (κ1) is 65.3. The normalized spacial score (nSPS) is 26.4. The van der Waals surface area contributed by atoms with Gasteiger partial charge in [0.25, 0.3) is 11.8 Å². The molecule has 0 spiro atoms. The van der Waals surface area contributed by atoms with E-state index in [1.807, 2.05) is 40.7 Å². The summed E-state index contributed by atoms with van der Waals surface area (Å²) in [6.45, 7) is 11.1. The molecule has 84 heavy (non-hydrogen) atoms. The van der Waals surface area contributed by atoms with Crippen molar-refractivity contribution in [2.24, 2.45) is 22.4 Å². The molecule has 1 saturated carbocycles. The molecule has 3 aliphatic heterocycles. The Balaban J connectivity index is 0.932. The van der Waals surface area contributed by atoms with Crippen molar-refractivity contribution < 1.29 is 76.4 Å². The van der Waals surface area contributed by atoms with Crippen LogP contribution in [0.3, 0.4) is 0 Å². The van der Waals surface area contributed by atoms with Crippen molar-refractivity contribution in [3.05, 3.63) is 75.6 Å². The number of rotatable bonds is 19. The largest absolute Gasteiger partial charge is 0.495 e. The Kier molecular flexibility index (Phi) is 21.7. The van der Waals surface area contributed by atoms with Crippen LogP contribution < -0.4 is 25.1 Å². The number of hydrogen-bond donors (Lipinski definition) is 3. The van der Waals surface area contributed by atoms with Gasteiger partial charge >= 0.3 is 18.0 Å². The molecule has 3 heterocycles. The molecule has 7 rings (SSSR count). The van der Waals surface area contributed by atoms with Gasteiger partial charge in [-0.1, -0.05) is 70.8 Å². The average molecular weight is 1230 g/mol. The summed E-state index contributed by atoms with van der Waals surface area (Å²) >= 11 is 6.86. The summed E-state index contributed by atoms with van der Waals surface area (Å²) in [6, 6.07) is 5.44. The average Bonchev–Trinajstić information content (AvgIpc) is 3.64. The molecule has 458 valence electrons. The molecule has 6 amide bonds. The molecule has 2 saturated heterocycles. The second-order valence-electron chi connectivity index (χ2n) is 23.0. The molecule has 21 nitrogen and oxygen atoms in total. The number of carbonyl (C=O) groups excluding carboxylic acids is 8. The summed E-state index contributed by atoms with van der Waals surface area (Å²) < 4.78 is 44.1. The molecule has 5 aliphatic rings. The van der Waals surface area contributed by atoms with Crippen LogP contribution >= 0.6 is 33.2 Å². The van der Waals surface area contributed by atoms with E-state index >= 15 is 4.39 Å². The molecule has 0 radical (unpaired) electrons. The third kappa shape index (κ3) is 16.0. The summed E-state index contributed by atoms with van der Waals surface area (Å²) in [5, 5.41) is 19.5. The van der Waals surface area contributed by atoms with Crippen LogP contribution in [-0.2, 0) is 65.5 Å². The third-order valence-corrected chi connectivity index (χ3v) is 19.8. The second kappa shape index (κ2) is 27.9. The van der Waals surface area contributed by atoms with E-state index in [1.165, 1.54) is 58.7 Å². The predicted octanol–water partition coefficient (Wildman–Crippen LogP) is 8.09. The Labute approximate surface area is 501 Å². The lowest BCUT2D eigenvalue weighted by Crippen LogP contribution is -2.63. The van der Waals surface area contributed by atoms with E-state index in [0.717, 1.165) is 11.1 Å². The highest BCUT2D eigenvalue weighted by Gasteiger charge is 2.62. The minimum Gasteiger partial charge on any atom is -0.495 e. The van der Waals surface area contributed by atoms with Gasteiger partial charge in [0.1, 0.15) is 46.7 Å². The number of likely N-dealkylation sites (N-methyl/N-ethyl adjacent to an activating group) is 1. The van der Waals surface area contributed by atoms with Crippen LogP contribution in [-0.4, -0.2) is 144 Å². The van der Waals surface area contributed by atoms with Gasteiger partial charge in [-0.3, -0.25) is 29.3 Å². The summed E-state index contributed by atoms with van der Waals surface area (Å²) in [4.78, 5) is 112. The van der Waals surface area contributed by atoms with Gasteiger partial charge in [0.05, 0.1) is 38.0 Å². The van der Waals surface area contributed by atoms with Gasteiger partial charge in [0.2, 0.25) is 17.7 Å². The van der Waals surface area contributed by atoms with Gasteiger partial charge in [-0.25, -0.2) is 24.2 Å². The highest BCUT2D eigenvalue weighted by molar-refractivity contribution is 8.77. The fraction of sp³-hybridized carbons (Fsp3) is 0.576. The van der Waals surface area contributed by atoms with E-state index < -0.39 is 87.7 Å². The third-order valence-electron chi connectivity index (χ3n) is 16.1. The minimum absolute atomic E-state index is 0.00995. The number of carbonyl (C=O) groups is 8. The number of amides is 6. The minimum atomic E-state index is -1.83. The highest BCUT2D eigenvalue weighted by atomic mass is 35.5. The van der Waals surface area contributed by atoms with Crippen LogP contribution in [0.25, 0.3) is 0 Å². The Morgan fingerprint density at radius 2 is 1.77 bits per heavy atom. The number of fused-ring (bicyclic) bond motifs is 6. The summed E-state index contributed by atoms with van der Waals surface area (Å²) in [6.07, 6.45) is 4.09. The van der Waals surface area contributed by atoms with Crippen LogP contribution in [0.15, 0.2) is 53.2 Å². The van der Waals surface area contributed by atoms with Crippen molar-refractivity contribution in [2.45, 2.75) is 160 Å². The van der Waals surface area contributed by atoms with Crippen LogP contribution in [0.1, 0.15) is 129 Å². The van der Waals surface area contributed by atoms with Crippen molar-refractivity contribution in [1.82, 2.24) is 20.7 Å². The number of hydrogen-bond acceptors (Lipinski definition) is 18. The number of nitrogens with one attached hydrogen (secondary N) is 2. The molecule has 2 aromatic rings. The molecular weight excluding hydrogens is 1150 g/mol. The maximum atomic E-state index is 15.6. The SMILES string of the molecule is COc1cc2cc(c1Cl)N(C)C(=O)C[C@H](OC(=O)[C@H](C)N(C)C(=O)CCSSC(C)(C)CC(=O)N/N=C1\CCCc3cc(OCCCC(=O)ON4C(=O)CCC4=O)cc(F)c31)[C@@]1(C)C[C@H]1[C@H](C)[C@@H]1C[C@@](O)(NC(=O)O1)[C@H](OC)/C=C/C=C(\C)C2. The molecule has 25 heteroatoms. The first-order valence-electron chi connectivity index (χ1n) is 28.0. The van der Waals surface area contributed by atoms with Crippen molar-refractivity contribution in [1.29, 1.82) is 0 Å². The van der Waals surface area contributed by atoms with E-state index in [-0.39, 0.29) is 92.1 Å². The number of alkyl carbamates (subject to hydrolysis) is 1. The number of imide groups is 1. The topological polar surface area (TPSA) is 258 Å². The fourth-order valence-corrected chi connectivity index (χ4v) is 13.8. The monoisotopic (exact) mass is 1230 g/mol. The predicted molar refractivity (Wildman–Crippen MR) is 313 cm³/mol. The van der Waals surface area contributed by atoms with E-state index in [2.05, 4.69) is 15.8 Å². The van der Waals surface area contributed by atoms with Crippen molar-refractivity contribution in [2.75, 3.05) is 45.6 Å². The fourth-order valence-electron chi connectivity index (χ4n) is 11.0. The van der Waals surface area contributed by atoms with Gasteiger partial charge in [0, 0.05) is 80.9 Å². The molecule has 3 fully saturated rings. The Morgan fingerprint density at radius 1 is 1.05 bits per heavy atom. The zero-order valence-corrected chi connectivity index (χ0v) is 51.5. The smallest absolute Gasteiger partial charge is 0.409 e. The van der Waals surface area contributed by atoms with Crippen LogP contribution in [0, 0.1) is 23.1 Å². The van der Waals surface area contributed by atoms with Crippen LogP contribution in [0.2, 0.25) is 5.02 Å². The Hall–Kier alpha value is -6.21. The summed E-state index contributed by atoms with van der Waals surface area (Å²) in [7, 11) is 8.80. The van der Waals surface area contributed by atoms with Crippen molar-refractivity contribution in [3.63, 3.8) is 0 Å². The van der Waals surface area contributed by atoms with E-state index in [9.17, 15) is 43.5 Å². The maximum Gasteiger partial charge on any atom is 0.409 e. The molecular formula is C59H76ClFN6O15S2. The number of benzene rings is 2. The molecule has 3 N–H and O–H groups in total. The van der Waals surface area contributed by atoms with Crippen molar-refractivity contribution >= 4 is 92.2 Å². The zero-order chi connectivity index (χ0) is 61.4. The molecule has 8 atom stereocenters. The van der Waals surface area contributed by atoms with Gasteiger partial charge in [-0.05, 0) is 107 Å². The second-order valence-corrected chi connectivity index (χ2v) is 26.5. The van der Waals surface area contributed by atoms with Gasteiger partial charge in [-0.2, -0.15) is 5.10 Å². The number of aryl methyl sites for hydroxylation is 1. The van der Waals surface area contributed by atoms with E-state index in [4.69, 9.17) is 40.1 Å². The molecule has 2 aromatic carbocycles. The van der Waals surface area contributed by atoms with Crippen LogP contribution in [0.5, 0.6) is 11.5 Å². The zero-order valence-electron chi connectivity index (χ0n) is 49.1. The standard InChI is InChI=1S/C59H76ClFN6O15S2/c1-33-14-11-17-45(78-10)59(76)31-44(80-56(75)62-59)34(2)39-30-58(39,6)46(29-51(72)66(8)42-25-36(24-33)26-43(77-9)54(42)60)81-55(74)35(3)65(7)48(69)21-23-83-84-57(4,5)32-47(68)64-63-41-16-12-15-37-27-38(28-40(61)53(37)41)79-22-13-18-52(73)82-67-49(70)19-20-50(67)71/h11,14,17,25-28,34-35,39,44-46,76H,12-13,15-16,18-24,29-32H2,1-10H3,(H,62,75)(H,64,68)/b17-11+,33-14+,63-41+/t34-,35-,39-,44-,45+,46-,58-,59-/m0/s1. The van der Waals surface area contributed by atoms with Crippen molar-refractivity contribution in [3.8, 4) is 11.5 Å². The number of methoxy groups -OCH3 is 2. The number of hydrazone groups is 1. The number of halogens is 2. The van der Waals surface area contributed by atoms with Gasteiger partial charge < -0.3 is 43.4 Å². The number of ether oxygens (including phenoxy) is 5. The molecule has 0 aromatic heterocycles. The molecule has 4 bridgehead atoms. The van der Waals surface area contributed by atoms with Crippen LogP contribution in [0.4, 0.5) is 14.9 Å². The lowest BCUT2D eigenvalue weighted by atomic mass is 9.83. The number of allylic oxidation sites excluding steroid dienone is 3. The quantitative estimate of drug-likeness (QED) is 0.0395. The van der Waals surface area contributed by atoms with Gasteiger partial charge in [-0.15, -0.1) is 5.06 Å². The lowest BCUT2D eigenvalue weighted by molar-refractivity contribution is -0.197. The summed E-state index contributed by atoms with van der Waals surface area (Å²) in [5.41, 5.74) is 3.35. The Bertz CT molecular complexity index is 2960. The Morgan fingerprint density at radius 3 is 2.48 bits per heavy atom. The number of esters is 1. The first-order chi connectivity index (χ1) is 39.7. The lowest BCUT2D eigenvalue weighted by Gasteiger charge is -2.42. The van der Waals surface area contributed by atoms with E-state index in [1.54, 1.807) is 44.3 Å². The first-order valence-corrected chi connectivity index (χ1v) is 30.7. The highest BCUT2D eigenvalue weighted by Crippen LogP contribution is 2.61. The number of nitrogens with zero attached hydrogens (tertiary/aromatic N) is 4. The van der Waals surface area contributed by atoms with E-state index in [0.29, 0.717) is 65.6 Å².